The molecule has 0 aliphatic carbocycles. The smallest absolute Gasteiger partial charge is 0.408 e. The predicted molar refractivity (Wildman–Crippen MR) is 132 cm³/mol. The van der Waals surface area contributed by atoms with E-state index < -0.39 is 23.8 Å². The van der Waals surface area contributed by atoms with Crippen LogP contribution in [0.5, 0.6) is 0 Å². The van der Waals surface area contributed by atoms with E-state index in [0.717, 1.165) is 10.4 Å². The molecule has 0 aliphatic rings. The van der Waals surface area contributed by atoms with Gasteiger partial charge in [-0.15, -0.1) is 11.3 Å². The first kappa shape index (κ1) is 27.2. The van der Waals surface area contributed by atoms with Crippen LogP contribution in [0.3, 0.4) is 0 Å². The van der Waals surface area contributed by atoms with Gasteiger partial charge in [-0.25, -0.2) is 9.59 Å². The number of benzene rings is 1. The van der Waals surface area contributed by atoms with E-state index in [0.29, 0.717) is 32.4 Å². The number of nitrogens with zero attached hydrogens (tertiary/aromatic N) is 1. The van der Waals surface area contributed by atoms with E-state index in [2.05, 4.69) is 10.6 Å². The van der Waals surface area contributed by atoms with E-state index >= 15 is 0 Å². The summed E-state index contributed by atoms with van der Waals surface area (Å²) in [6.45, 7) is 6.40. The van der Waals surface area contributed by atoms with Gasteiger partial charge in [0.1, 0.15) is 18.2 Å². The maximum Gasteiger partial charge on any atom is 0.408 e. The van der Waals surface area contributed by atoms with E-state index in [4.69, 9.17) is 9.47 Å². The first-order chi connectivity index (χ1) is 16.1. The van der Waals surface area contributed by atoms with Crippen molar-refractivity contribution in [2.45, 2.75) is 64.8 Å². The third-order valence-corrected chi connectivity index (χ3v) is 5.60. The van der Waals surface area contributed by atoms with Gasteiger partial charge in [0.2, 0.25) is 5.91 Å². The molecule has 1 heterocycles. The number of alkyl carbamates (subject to hydrolysis) is 2. The van der Waals surface area contributed by atoms with Gasteiger partial charge in [0.05, 0.1) is 6.54 Å². The van der Waals surface area contributed by atoms with Gasteiger partial charge in [-0.3, -0.25) is 4.79 Å². The Morgan fingerprint density at radius 2 is 1.76 bits per heavy atom. The number of ether oxygens (including phenoxy) is 2. The zero-order valence-electron chi connectivity index (χ0n) is 20.3. The van der Waals surface area contributed by atoms with Gasteiger partial charge in [0.15, 0.2) is 0 Å². The molecule has 0 spiro atoms. The van der Waals surface area contributed by atoms with E-state index in [1.807, 2.05) is 47.8 Å². The van der Waals surface area contributed by atoms with Crippen molar-refractivity contribution in [2.75, 3.05) is 13.6 Å². The Morgan fingerprint density at radius 3 is 2.41 bits per heavy atom. The third kappa shape index (κ3) is 10.7. The van der Waals surface area contributed by atoms with Gasteiger partial charge >= 0.3 is 12.2 Å². The second-order valence-electron chi connectivity index (χ2n) is 8.96. The van der Waals surface area contributed by atoms with Crippen LogP contribution in [-0.2, 0) is 27.4 Å². The van der Waals surface area contributed by atoms with Crippen molar-refractivity contribution in [1.82, 2.24) is 15.5 Å². The standard InChI is InChI=1S/C25H35N3O5S/c1-25(2,3)33-24(31)27-21(22(29)28(4)17-20-13-10-16-34-20)14-8-9-15-26-23(30)32-18-19-11-6-5-7-12-19/h5-7,10-13,16,21H,8-9,14-15,17-18H2,1-4H3,(H,26,30)(H,27,31)/t21-/m0/s1. The fourth-order valence-corrected chi connectivity index (χ4v) is 3.88. The molecular formula is C25H35N3O5S. The number of hydrogen-bond donors (Lipinski definition) is 2. The first-order valence-corrected chi connectivity index (χ1v) is 12.2. The lowest BCUT2D eigenvalue weighted by molar-refractivity contribution is -0.132. The quantitative estimate of drug-likeness (QED) is 0.446. The molecule has 3 amide bonds. The minimum atomic E-state index is -0.718. The average molecular weight is 490 g/mol. The van der Waals surface area contributed by atoms with Crippen molar-refractivity contribution in [2.24, 2.45) is 0 Å². The summed E-state index contributed by atoms with van der Waals surface area (Å²) >= 11 is 1.57. The molecule has 1 atom stereocenters. The lowest BCUT2D eigenvalue weighted by atomic mass is 10.1. The Bertz CT molecular complexity index is 897. The molecule has 0 bridgehead atoms. The number of nitrogens with one attached hydrogen (secondary N) is 2. The van der Waals surface area contributed by atoms with Gasteiger partial charge in [-0.1, -0.05) is 36.4 Å². The van der Waals surface area contributed by atoms with Crippen LogP contribution in [0, 0.1) is 0 Å². The normalized spacial score (nSPS) is 11.9. The second kappa shape index (κ2) is 13.6. The number of hydrogen-bond acceptors (Lipinski definition) is 6. The average Bonchev–Trinajstić information content (AvgIpc) is 3.28. The summed E-state index contributed by atoms with van der Waals surface area (Å²) < 4.78 is 10.5. The SMILES string of the molecule is CN(Cc1cccs1)C(=O)[C@H](CCCCNC(=O)OCc1ccccc1)NC(=O)OC(C)(C)C. The fourth-order valence-electron chi connectivity index (χ4n) is 3.13. The van der Waals surface area contributed by atoms with E-state index in [9.17, 15) is 14.4 Å². The summed E-state index contributed by atoms with van der Waals surface area (Å²) in [5.41, 5.74) is 0.254. The largest absolute Gasteiger partial charge is 0.445 e. The lowest BCUT2D eigenvalue weighted by Crippen LogP contribution is -2.48. The highest BCUT2D eigenvalue weighted by Crippen LogP contribution is 2.14. The van der Waals surface area contributed by atoms with Crippen LogP contribution in [0.1, 0.15) is 50.5 Å². The molecule has 8 nitrogen and oxygen atoms in total. The number of rotatable bonds is 11. The summed E-state index contributed by atoms with van der Waals surface area (Å²) in [5, 5.41) is 7.38. The van der Waals surface area contributed by atoms with Crippen molar-refractivity contribution in [3.63, 3.8) is 0 Å². The molecule has 2 rings (SSSR count). The van der Waals surface area contributed by atoms with Crippen LogP contribution in [0.2, 0.25) is 0 Å². The summed E-state index contributed by atoms with van der Waals surface area (Å²) in [6, 6.07) is 12.6. The summed E-state index contributed by atoms with van der Waals surface area (Å²) in [4.78, 5) is 39.9. The summed E-state index contributed by atoms with van der Waals surface area (Å²) in [6.07, 6.45) is 0.567. The number of likely N-dealkylation sites (N-methyl/N-ethyl adjacent to an activating group) is 1. The highest BCUT2D eigenvalue weighted by Gasteiger charge is 2.26. The monoisotopic (exact) mass is 489 g/mol. The molecule has 2 aromatic rings. The van der Waals surface area contributed by atoms with Gasteiger partial charge < -0.3 is 25.0 Å². The Labute approximate surface area is 205 Å². The molecule has 2 N–H and O–H groups in total. The van der Waals surface area contributed by atoms with Crippen molar-refractivity contribution < 1.29 is 23.9 Å². The van der Waals surface area contributed by atoms with E-state index in [1.165, 1.54) is 0 Å². The minimum Gasteiger partial charge on any atom is -0.445 e. The molecule has 34 heavy (non-hydrogen) atoms. The molecule has 186 valence electrons. The van der Waals surface area contributed by atoms with Gasteiger partial charge in [-0.05, 0) is 57.0 Å². The zero-order chi connectivity index (χ0) is 25.0. The highest BCUT2D eigenvalue weighted by atomic mass is 32.1. The maximum absolute atomic E-state index is 13.0. The highest BCUT2D eigenvalue weighted by molar-refractivity contribution is 7.09. The Hall–Kier alpha value is -3.07. The maximum atomic E-state index is 13.0. The van der Waals surface area contributed by atoms with Crippen LogP contribution in [0.15, 0.2) is 47.8 Å². The molecule has 0 aliphatic heterocycles. The van der Waals surface area contributed by atoms with Gasteiger partial charge in [-0.2, -0.15) is 0 Å². The fraction of sp³-hybridized carbons (Fsp3) is 0.480. The van der Waals surface area contributed by atoms with Crippen LogP contribution in [-0.4, -0.2) is 48.2 Å². The molecular weight excluding hydrogens is 454 g/mol. The van der Waals surface area contributed by atoms with Gasteiger partial charge in [0, 0.05) is 18.5 Å². The molecule has 0 saturated heterocycles. The predicted octanol–water partition coefficient (Wildman–Crippen LogP) is 4.70. The number of carbonyl (C=O) groups excluding carboxylic acids is 3. The molecule has 0 saturated carbocycles. The second-order valence-corrected chi connectivity index (χ2v) is 9.99. The number of thiophene rings is 1. The topological polar surface area (TPSA) is 97.0 Å². The summed E-state index contributed by atoms with van der Waals surface area (Å²) in [5.74, 6) is -0.186. The van der Waals surface area contributed by atoms with Crippen LogP contribution < -0.4 is 10.6 Å². The van der Waals surface area contributed by atoms with Crippen LogP contribution in [0.4, 0.5) is 9.59 Å². The van der Waals surface area contributed by atoms with Crippen molar-refractivity contribution in [3.05, 3.63) is 58.3 Å². The summed E-state index contributed by atoms with van der Waals surface area (Å²) in [7, 11) is 1.72. The lowest BCUT2D eigenvalue weighted by Gasteiger charge is -2.26. The van der Waals surface area contributed by atoms with Crippen LogP contribution in [0.25, 0.3) is 0 Å². The number of carbonyl (C=O) groups is 3. The van der Waals surface area contributed by atoms with E-state index in [1.54, 1.807) is 44.1 Å². The van der Waals surface area contributed by atoms with Crippen LogP contribution >= 0.6 is 11.3 Å². The van der Waals surface area contributed by atoms with Crippen molar-refractivity contribution in [1.29, 1.82) is 0 Å². The van der Waals surface area contributed by atoms with Crippen molar-refractivity contribution >= 4 is 29.4 Å². The Balaban J connectivity index is 1.80. The third-order valence-electron chi connectivity index (χ3n) is 4.74. The number of amides is 3. The van der Waals surface area contributed by atoms with Crippen molar-refractivity contribution in [3.8, 4) is 0 Å². The molecule has 0 unspecified atom stereocenters. The van der Waals surface area contributed by atoms with Gasteiger partial charge in [0.25, 0.3) is 0 Å². The molecule has 0 radical (unpaired) electrons. The zero-order valence-corrected chi connectivity index (χ0v) is 21.2. The van der Waals surface area contributed by atoms with E-state index in [-0.39, 0.29) is 12.5 Å². The first-order valence-electron chi connectivity index (χ1n) is 11.4. The molecule has 0 fully saturated rings. The molecule has 9 heteroatoms. The molecule has 1 aromatic carbocycles. The number of unbranched alkanes of at least 4 members (excludes halogenated alkanes) is 1. The Morgan fingerprint density at radius 1 is 1.03 bits per heavy atom. The Kier molecular flexibility index (Phi) is 10.9. The molecule has 1 aromatic heterocycles. The minimum absolute atomic E-state index is 0.186.